The number of nitrogens with two attached hydrogens (primary N) is 1. The molecule has 0 amide bonds. The van der Waals surface area contributed by atoms with Crippen molar-refractivity contribution >= 4 is 11.9 Å². The van der Waals surface area contributed by atoms with Gasteiger partial charge in [-0.3, -0.25) is 5.43 Å². The van der Waals surface area contributed by atoms with Crippen molar-refractivity contribution in [3.05, 3.63) is 12.7 Å². The van der Waals surface area contributed by atoms with Crippen molar-refractivity contribution in [2.75, 3.05) is 44.4 Å². The van der Waals surface area contributed by atoms with Crippen molar-refractivity contribution in [3.8, 4) is 5.95 Å². The SMILES string of the molecule is CN1CCN(Nc2nc(N)nc(-n3cncn3)n2)CC1. The monoisotopic (exact) mass is 276 g/mol. The molecule has 1 aliphatic rings. The van der Waals surface area contributed by atoms with Crippen LogP contribution in [0.25, 0.3) is 5.95 Å². The van der Waals surface area contributed by atoms with Crippen LogP contribution in [-0.2, 0) is 0 Å². The van der Waals surface area contributed by atoms with Crippen LogP contribution in [0.5, 0.6) is 0 Å². The largest absolute Gasteiger partial charge is 0.368 e. The fourth-order valence-corrected chi connectivity index (χ4v) is 1.90. The molecular weight excluding hydrogens is 260 g/mol. The van der Waals surface area contributed by atoms with E-state index >= 15 is 0 Å². The lowest BCUT2D eigenvalue weighted by Gasteiger charge is -2.32. The molecule has 3 N–H and O–H groups in total. The third-order valence-electron chi connectivity index (χ3n) is 3.03. The van der Waals surface area contributed by atoms with E-state index in [1.165, 1.54) is 17.3 Å². The average Bonchev–Trinajstić information content (AvgIpc) is 2.95. The third-order valence-corrected chi connectivity index (χ3v) is 3.03. The van der Waals surface area contributed by atoms with Crippen LogP contribution in [-0.4, -0.2) is 72.9 Å². The van der Waals surface area contributed by atoms with Crippen molar-refractivity contribution in [1.82, 2.24) is 39.6 Å². The van der Waals surface area contributed by atoms with Gasteiger partial charge < -0.3 is 10.6 Å². The normalized spacial score (nSPS) is 17.2. The number of aromatic nitrogens is 6. The average molecular weight is 276 g/mol. The molecule has 0 spiro atoms. The lowest BCUT2D eigenvalue weighted by atomic mass is 10.4. The number of nitrogens with zero attached hydrogens (tertiary/aromatic N) is 8. The number of likely N-dealkylation sites (N-methyl/N-ethyl adjacent to an activating group) is 1. The zero-order valence-electron chi connectivity index (χ0n) is 11.1. The number of piperazine rings is 1. The van der Waals surface area contributed by atoms with Gasteiger partial charge in [0.25, 0.3) is 5.95 Å². The maximum atomic E-state index is 5.70. The Morgan fingerprint density at radius 3 is 2.65 bits per heavy atom. The standard InChI is InChI=1S/C10H16N10/c1-18-2-4-19(5-3-18)17-9-14-8(11)15-10(16-9)20-7-12-6-13-20/h6-7H,2-5H2,1H3,(H3,11,14,15,16,17). The number of hydrazine groups is 1. The lowest BCUT2D eigenvalue weighted by Crippen LogP contribution is -2.47. The van der Waals surface area contributed by atoms with E-state index in [1.54, 1.807) is 0 Å². The first-order valence-electron chi connectivity index (χ1n) is 6.27. The first-order valence-corrected chi connectivity index (χ1v) is 6.27. The maximum absolute atomic E-state index is 5.70. The smallest absolute Gasteiger partial charge is 0.258 e. The second-order valence-electron chi connectivity index (χ2n) is 4.56. The van der Waals surface area contributed by atoms with Crippen molar-refractivity contribution in [1.29, 1.82) is 0 Å². The van der Waals surface area contributed by atoms with Gasteiger partial charge in [0, 0.05) is 26.2 Å². The van der Waals surface area contributed by atoms with E-state index < -0.39 is 0 Å². The minimum atomic E-state index is 0.141. The third kappa shape index (κ3) is 2.81. The molecule has 1 aliphatic heterocycles. The number of nitrogen functional groups attached to an aromatic ring is 1. The van der Waals surface area contributed by atoms with Crippen molar-refractivity contribution in [2.45, 2.75) is 0 Å². The summed E-state index contributed by atoms with van der Waals surface area (Å²) in [5.41, 5.74) is 8.85. The molecule has 0 bridgehead atoms. The molecule has 2 aromatic rings. The second kappa shape index (κ2) is 5.35. The molecule has 0 unspecified atom stereocenters. The van der Waals surface area contributed by atoms with Crippen LogP contribution < -0.4 is 11.2 Å². The summed E-state index contributed by atoms with van der Waals surface area (Å²) in [5, 5.41) is 6.03. The first kappa shape index (κ1) is 12.7. The second-order valence-corrected chi connectivity index (χ2v) is 4.56. The zero-order valence-corrected chi connectivity index (χ0v) is 11.1. The first-order chi connectivity index (χ1) is 9.70. The molecule has 106 valence electrons. The molecule has 0 radical (unpaired) electrons. The van der Waals surface area contributed by atoms with Gasteiger partial charge >= 0.3 is 0 Å². The van der Waals surface area contributed by atoms with E-state index in [-0.39, 0.29) is 5.95 Å². The van der Waals surface area contributed by atoms with Crippen LogP contribution >= 0.6 is 0 Å². The molecule has 3 rings (SSSR count). The van der Waals surface area contributed by atoms with Crippen molar-refractivity contribution < 1.29 is 0 Å². The summed E-state index contributed by atoms with van der Waals surface area (Å²) in [6.07, 6.45) is 2.92. The molecule has 10 nitrogen and oxygen atoms in total. The molecule has 1 saturated heterocycles. The highest BCUT2D eigenvalue weighted by atomic mass is 15.6. The molecule has 3 heterocycles. The van der Waals surface area contributed by atoms with Gasteiger partial charge in [0.15, 0.2) is 0 Å². The molecule has 0 atom stereocenters. The predicted octanol–water partition coefficient (Wildman–Crippen LogP) is -1.39. The topological polar surface area (TPSA) is 114 Å². The molecule has 2 aromatic heterocycles. The van der Waals surface area contributed by atoms with Crippen molar-refractivity contribution in [3.63, 3.8) is 0 Å². The van der Waals surface area contributed by atoms with Gasteiger partial charge in [-0.05, 0) is 7.05 Å². The molecule has 10 heteroatoms. The summed E-state index contributed by atoms with van der Waals surface area (Å²) in [6, 6.07) is 0. The number of nitrogens with one attached hydrogen (secondary N) is 1. The summed E-state index contributed by atoms with van der Waals surface area (Å²) in [7, 11) is 2.10. The fraction of sp³-hybridized carbons (Fsp3) is 0.500. The van der Waals surface area contributed by atoms with Crippen LogP contribution in [0.1, 0.15) is 0 Å². The van der Waals surface area contributed by atoms with E-state index in [4.69, 9.17) is 5.73 Å². The lowest BCUT2D eigenvalue weighted by molar-refractivity contribution is 0.178. The van der Waals surface area contributed by atoms with E-state index in [9.17, 15) is 0 Å². The van der Waals surface area contributed by atoms with Crippen LogP contribution in [0.4, 0.5) is 11.9 Å². The number of anilines is 2. The van der Waals surface area contributed by atoms with Crippen LogP contribution in [0.3, 0.4) is 0 Å². The Bertz CT molecular complexity index is 559. The highest BCUT2D eigenvalue weighted by Gasteiger charge is 2.15. The summed E-state index contributed by atoms with van der Waals surface area (Å²) in [5.74, 6) is 0.890. The number of hydrogen-bond acceptors (Lipinski definition) is 9. The van der Waals surface area contributed by atoms with Crippen molar-refractivity contribution in [2.24, 2.45) is 0 Å². The molecule has 20 heavy (non-hydrogen) atoms. The van der Waals surface area contributed by atoms with E-state index in [0.717, 1.165) is 26.2 Å². The molecule has 0 aliphatic carbocycles. The fourth-order valence-electron chi connectivity index (χ4n) is 1.90. The number of rotatable bonds is 3. The molecule has 0 aromatic carbocycles. The molecule has 1 fully saturated rings. The van der Waals surface area contributed by atoms with Gasteiger partial charge in [-0.1, -0.05) is 0 Å². The number of hydrogen-bond donors (Lipinski definition) is 2. The van der Waals surface area contributed by atoms with E-state index in [0.29, 0.717) is 11.9 Å². The van der Waals surface area contributed by atoms with Crippen LogP contribution in [0.15, 0.2) is 12.7 Å². The van der Waals surface area contributed by atoms with E-state index in [2.05, 4.69) is 47.4 Å². The molecule has 0 saturated carbocycles. The van der Waals surface area contributed by atoms with Crippen LogP contribution in [0.2, 0.25) is 0 Å². The Labute approximate surface area is 115 Å². The van der Waals surface area contributed by atoms with Crippen LogP contribution in [0, 0.1) is 0 Å². The Balaban J connectivity index is 1.76. The van der Waals surface area contributed by atoms with Gasteiger partial charge in [0.1, 0.15) is 12.7 Å². The van der Waals surface area contributed by atoms with E-state index in [1.807, 2.05) is 0 Å². The Morgan fingerprint density at radius 1 is 1.15 bits per heavy atom. The quantitative estimate of drug-likeness (QED) is 0.699. The Hall–Kier alpha value is -2.33. The summed E-state index contributed by atoms with van der Waals surface area (Å²) < 4.78 is 1.44. The highest BCUT2D eigenvalue weighted by molar-refractivity contribution is 5.33. The molecular formula is C10H16N10. The van der Waals surface area contributed by atoms with Gasteiger partial charge in [-0.2, -0.15) is 24.7 Å². The van der Waals surface area contributed by atoms with Gasteiger partial charge in [-0.25, -0.2) is 9.99 Å². The minimum Gasteiger partial charge on any atom is -0.368 e. The summed E-state index contributed by atoms with van der Waals surface area (Å²) >= 11 is 0. The van der Waals surface area contributed by atoms with Gasteiger partial charge in [0.05, 0.1) is 0 Å². The Kier molecular flexibility index (Phi) is 3.39. The maximum Gasteiger partial charge on any atom is 0.258 e. The minimum absolute atomic E-state index is 0.141. The highest BCUT2D eigenvalue weighted by Crippen LogP contribution is 2.08. The van der Waals surface area contributed by atoms with Gasteiger partial charge in [-0.15, -0.1) is 0 Å². The predicted molar refractivity (Wildman–Crippen MR) is 71.8 cm³/mol. The zero-order chi connectivity index (χ0) is 13.9. The summed E-state index contributed by atoms with van der Waals surface area (Å²) in [6.45, 7) is 3.76. The van der Waals surface area contributed by atoms with Gasteiger partial charge in [0.2, 0.25) is 11.9 Å². The summed E-state index contributed by atoms with van der Waals surface area (Å²) in [4.78, 5) is 18.5. The Morgan fingerprint density at radius 2 is 1.95 bits per heavy atom.